The molecule has 0 saturated heterocycles. The maximum absolute atomic E-state index is 12.2. The van der Waals surface area contributed by atoms with Crippen LogP contribution in [0, 0.1) is 5.41 Å². The van der Waals surface area contributed by atoms with Gasteiger partial charge in [-0.3, -0.25) is 4.79 Å². The lowest BCUT2D eigenvalue weighted by atomic mass is 9.72. The second kappa shape index (κ2) is 12.2. The van der Waals surface area contributed by atoms with Gasteiger partial charge in [0, 0.05) is 16.7 Å². The molecule has 1 aliphatic rings. The van der Waals surface area contributed by atoms with Gasteiger partial charge in [0.25, 0.3) is 0 Å². The lowest BCUT2D eigenvalue weighted by Gasteiger charge is -2.32. The van der Waals surface area contributed by atoms with Gasteiger partial charge in [-0.25, -0.2) is 4.79 Å². The van der Waals surface area contributed by atoms with Crippen molar-refractivity contribution in [3.05, 3.63) is 92.6 Å². The summed E-state index contributed by atoms with van der Waals surface area (Å²) in [5.41, 5.74) is 5.23. The summed E-state index contributed by atoms with van der Waals surface area (Å²) in [5.74, 6) is -0.971. The fraction of sp³-hybridized carbons (Fsp3) is 0.357. The molecule has 5 heteroatoms. The molecule has 2 rings (SSSR count). The van der Waals surface area contributed by atoms with E-state index in [4.69, 9.17) is 27.9 Å². The number of halogens is 2. The Balaban J connectivity index is 1.91. The van der Waals surface area contributed by atoms with Gasteiger partial charge in [-0.05, 0) is 74.8 Å². The van der Waals surface area contributed by atoms with Crippen molar-refractivity contribution in [2.75, 3.05) is 6.61 Å². The number of carbonyl (C=O) groups is 2. The summed E-state index contributed by atoms with van der Waals surface area (Å²) >= 11 is 11.8. The largest absolute Gasteiger partial charge is 0.454 e. The molecular formula is C28H32Cl2O3. The van der Waals surface area contributed by atoms with Gasteiger partial charge in [-0.1, -0.05) is 78.6 Å². The maximum Gasteiger partial charge on any atom is 0.331 e. The molecule has 33 heavy (non-hydrogen) atoms. The van der Waals surface area contributed by atoms with Crippen molar-refractivity contribution in [3.8, 4) is 0 Å². The second-order valence-electron chi connectivity index (χ2n) is 9.08. The van der Waals surface area contributed by atoms with Crippen molar-refractivity contribution in [2.24, 2.45) is 5.41 Å². The molecule has 0 bridgehead atoms. The second-order valence-corrected chi connectivity index (χ2v) is 9.92. The number of benzene rings is 1. The van der Waals surface area contributed by atoms with Gasteiger partial charge in [0.05, 0.1) is 5.02 Å². The number of esters is 1. The van der Waals surface area contributed by atoms with Gasteiger partial charge in [0.1, 0.15) is 0 Å². The van der Waals surface area contributed by atoms with Crippen LogP contribution in [0.2, 0.25) is 10.0 Å². The molecule has 1 aromatic rings. The Morgan fingerprint density at radius 3 is 2.52 bits per heavy atom. The number of carbonyl (C=O) groups excluding carboxylic acids is 2. The Labute approximate surface area is 207 Å². The number of hydrogen-bond donors (Lipinski definition) is 0. The molecule has 0 spiro atoms. The van der Waals surface area contributed by atoms with E-state index < -0.39 is 5.97 Å². The fourth-order valence-corrected chi connectivity index (χ4v) is 4.35. The molecule has 0 N–H and O–H groups in total. The van der Waals surface area contributed by atoms with Crippen LogP contribution in [0.5, 0.6) is 0 Å². The summed E-state index contributed by atoms with van der Waals surface area (Å²) in [4.78, 5) is 24.2. The van der Waals surface area contributed by atoms with Crippen LogP contribution in [0.25, 0.3) is 0 Å². The highest BCUT2D eigenvalue weighted by molar-refractivity contribution is 6.36. The zero-order chi connectivity index (χ0) is 24.6. The molecule has 0 saturated carbocycles. The Morgan fingerprint density at radius 2 is 1.85 bits per heavy atom. The summed E-state index contributed by atoms with van der Waals surface area (Å²) in [6.45, 7) is 10.3. The van der Waals surface area contributed by atoms with Gasteiger partial charge in [-0.15, -0.1) is 0 Å². The van der Waals surface area contributed by atoms with Crippen molar-refractivity contribution in [1.82, 2.24) is 0 Å². The van der Waals surface area contributed by atoms with Gasteiger partial charge in [-0.2, -0.15) is 0 Å². The van der Waals surface area contributed by atoms with Crippen molar-refractivity contribution in [3.63, 3.8) is 0 Å². The molecule has 0 amide bonds. The summed E-state index contributed by atoms with van der Waals surface area (Å²) in [6, 6.07) is 4.56. The topological polar surface area (TPSA) is 43.4 Å². The van der Waals surface area contributed by atoms with E-state index in [1.807, 2.05) is 25.2 Å². The van der Waals surface area contributed by atoms with E-state index >= 15 is 0 Å². The molecular weight excluding hydrogens is 455 g/mol. The van der Waals surface area contributed by atoms with Crippen LogP contribution < -0.4 is 0 Å². The zero-order valence-electron chi connectivity index (χ0n) is 20.0. The number of ether oxygens (including phenoxy) is 1. The fourth-order valence-electron chi connectivity index (χ4n) is 3.84. The first-order valence-corrected chi connectivity index (χ1v) is 11.8. The highest BCUT2D eigenvalue weighted by Gasteiger charge is 2.26. The zero-order valence-corrected chi connectivity index (χ0v) is 21.5. The molecule has 1 aliphatic carbocycles. The Bertz CT molecular complexity index is 1050. The molecule has 0 atom stereocenters. The minimum absolute atomic E-state index is 0.217. The third-order valence-corrected chi connectivity index (χ3v) is 6.24. The van der Waals surface area contributed by atoms with E-state index in [1.54, 1.807) is 13.0 Å². The quantitative estimate of drug-likeness (QED) is 0.160. The van der Waals surface area contributed by atoms with Crippen LogP contribution in [0.15, 0.2) is 76.9 Å². The average Bonchev–Trinajstić information content (AvgIpc) is 2.71. The average molecular weight is 487 g/mol. The highest BCUT2D eigenvalue weighted by Crippen LogP contribution is 2.40. The first-order chi connectivity index (χ1) is 15.5. The van der Waals surface area contributed by atoms with E-state index in [-0.39, 0.29) is 28.4 Å². The first kappa shape index (κ1) is 26.9. The van der Waals surface area contributed by atoms with Crippen molar-refractivity contribution in [1.29, 1.82) is 0 Å². The SMILES string of the molecule is CC(C=CC1=C(C)CCCC1(C)C)=CC=CC(C)=CC(=O)OCC(=O)c1ccc(Cl)cc1Cl. The molecule has 0 aromatic heterocycles. The normalized spacial score (nSPS) is 17.2. The van der Waals surface area contributed by atoms with Crippen LogP contribution in [0.3, 0.4) is 0 Å². The minimum Gasteiger partial charge on any atom is -0.454 e. The van der Waals surface area contributed by atoms with E-state index in [2.05, 4.69) is 32.9 Å². The van der Waals surface area contributed by atoms with Crippen LogP contribution in [-0.2, 0) is 9.53 Å². The summed E-state index contributed by atoms with van der Waals surface area (Å²) in [7, 11) is 0. The third-order valence-electron chi connectivity index (χ3n) is 5.70. The summed E-state index contributed by atoms with van der Waals surface area (Å²) in [5, 5.41) is 0.664. The van der Waals surface area contributed by atoms with Crippen molar-refractivity contribution < 1.29 is 14.3 Å². The minimum atomic E-state index is -0.585. The predicted molar refractivity (Wildman–Crippen MR) is 138 cm³/mol. The molecule has 1 aromatic carbocycles. The molecule has 0 heterocycles. The Kier molecular flexibility index (Phi) is 9.94. The number of ketones is 1. The van der Waals surface area contributed by atoms with E-state index in [9.17, 15) is 9.59 Å². The number of Topliss-reactive ketones (excluding diaryl/α,β-unsaturated/α-hetero) is 1. The van der Waals surface area contributed by atoms with E-state index in [1.165, 1.54) is 48.6 Å². The lowest BCUT2D eigenvalue weighted by Crippen LogP contribution is -2.19. The van der Waals surface area contributed by atoms with Gasteiger partial charge in [0.2, 0.25) is 5.78 Å². The monoisotopic (exact) mass is 486 g/mol. The molecule has 176 valence electrons. The maximum atomic E-state index is 12.2. The first-order valence-electron chi connectivity index (χ1n) is 11.1. The standard InChI is InChI=1S/C28H32Cl2O3/c1-19(11-14-24-21(3)10-7-15-28(24,4)5)8-6-9-20(2)16-27(32)33-18-26(31)23-13-12-22(29)17-25(23)30/h6,8-9,11-14,16-17H,7,10,15,18H2,1-5H3. The van der Waals surface area contributed by atoms with Crippen LogP contribution in [0.4, 0.5) is 0 Å². The van der Waals surface area contributed by atoms with Gasteiger partial charge >= 0.3 is 5.97 Å². The van der Waals surface area contributed by atoms with E-state index in [0.29, 0.717) is 5.02 Å². The van der Waals surface area contributed by atoms with Crippen molar-refractivity contribution in [2.45, 2.75) is 53.9 Å². The molecule has 0 radical (unpaired) electrons. The third kappa shape index (κ3) is 8.49. The molecule has 0 unspecified atom stereocenters. The smallest absolute Gasteiger partial charge is 0.331 e. The molecule has 0 aliphatic heterocycles. The predicted octanol–water partition coefficient (Wildman–Crippen LogP) is 8.25. The van der Waals surface area contributed by atoms with Gasteiger partial charge in [0.15, 0.2) is 6.61 Å². The highest BCUT2D eigenvalue weighted by atomic mass is 35.5. The lowest BCUT2D eigenvalue weighted by molar-refractivity contribution is -0.136. The van der Waals surface area contributed by atoms with Crippen LogP contribution in [-0.4, -0.2) is 18.4 Å². The number of allylic oxidation sites excluding steroid dienone is 9. The van der Waals surface area contributed by atoms with Crippen LogP contribution in [0.1, 0.15) is 64.2 Å². The number of rotatable bonds is 8. The van der Waals surface area contributed by atoms with Gasteiger partial charge < -0.3 is 4.74 Å². The van der Waals surface area contributed by atoms with E-state index in [0.717, 1.165) is 11.1 Å². The Morgan fingerprint density at radius 1 is 1.12 bits per heavy atom. The summed E-state index contributed by atoms with van der Waals surface area (Å²) < 4.78 is 5.05. The molecule has 3 nitrogen and oxygen atoms in total. The van der Waals surface area contributed by atoms with Crippen molar-refractivity contribution >= 4 is 35.0 Å². The number of hydrogen-bond acceptors (Lipinski definition) is 3. The Hall–Kier alpha value is -2.36. The molecule has 0 fully saturated rings. The van der Waals surface area contributed by atoms with Crippen LogP contribution >= 0.6 is 23.2 Å². The summed E-state index contributed by atoms with van der Waals surface area (Å²) in [6.07, 6.45) is 15.1.